The van der Waals surface area contributed by atoms with E-state index in [-0.39, 0.29) is 5.75 Å². The maximum Gasteiger partial charge on any atom is 0.387 e. The Kier molecular flexibility index (Phi) is 8.25. The van der Waals surface area contributed by atoms with Crippen LogP contribution in [0.2, 0.25) is 0 Å². The summed E-state index contributed by atoms with van der Waals surface area (Å²) in [6, 6.07) is 12.1. The van der Waals surface area contributed by atoms with Gasteiger partial charge in [-0.25, -0.2) is 0 Å². The van der Waals surface area contributed by atoms with Crippen molar-refractivity contribution in [2.45, 2.75) is 19.5 Å². The van der Waals surface area contributed by atoms with Crippen LogP contribution < -0.4 is 19.5 Å². The predicted octanol–water partition coefficient (Wildman–Crippen LogP) is 4.57. The minimum atomic E-state index is -2.84. The van der Waals surface area contributed by atoms with Crippen LogP contribution in [-0.2, 0) is 6.42 Å². The highest BCUT2D eigenvalue weighted by molar-refractivity contribution is 7.80. The van der Waals surface area contributed by atoms with Crippen LogP contribution in [0.15, 0.2) is 42.5 Å². The smallest absolute Gasteiger partial charge is 0.387 e. The van der Waals surface area contributed by atoms with Gasteiger partial charge < -0.3 is 24.4 Å². The lowest BCUT2D eigenvalue weighted by Crippen LogP contribution is -2.32. The van der Waals surface area contributed by atoms with Gasteiger partial charge in [0.25, 0.3) is 0 Å². The third-order valence-electron chi connectivity index (χ3n) is 4.08. The fraction of sp³-hybridized carbons (Fsp3) is 0.350. The van der Waals surface area contributed by atoms with Gasteiger partial charge in [-0.1, -0.05) is 6.07 Å². The average molecular weight is 410 g/mol. The van der Waals surface area contributed by atoms with Gasteiger partial charge in [-0.2, -0.15) is 8.78 Å². The first-order valence-corrected chi connectivity index (χ1v) is 9.11. The summed E-state index contributed by atoms with van der Waals surface area (Å²) in [5, 5.41) is 3.63. The van der Waals surface area contributed by atoms with Gasteiger partial charge in [0.15, 0.2) is 16.6 Å². The third-order valence-corrected chi connectivity index (χ3v) is 4.50. The molecule has 1 N–H and O–H groups in total. The molecule has 0 fully saturated rings. The fourth-order valence-electron chi connectivity index (χ4n) is 2.60. The van der Waals surface area contributed by atoms with Crippen LogP contribution in [-0.4, -0.2) is 44.4 Å². The van der Waals surface area contributed by atoms with E-state index < -0.39 is 6.61 Å². The zero-order valence-electron chi connectivity index (χ0n) is 16.1. The van der Waals surface area contributed by atoms with E-state index >= 15 is 0 Å². The Morgan fingerprint density at radius 2 is 1.75 bits per heavy atom. The molecule has 0 unspecified atom stereocenters. The molecule has 2 aromatic rings. The average Bonchev–Trinajstić information content (AvgIpc) is 2.68. The summed E-state index contributed by atoms with van der Waals surface area (Å²) in [5.74, 6) is 1.53. The normalized spacial score (nSPS) is 10.5. The number of aryl methyl sites for hydroxylation is 1. The largest absolute Gasteiger partial charge is 0.493 e. The fourth-order valence-corrected chi connectivity index (χ4v) is 2.81. The number of benzene rings is 2. The van der Waals surface area contributed by atoms with Crippen molar-refractivity contribution in [3.63, 3.8) is 0 Å². The molecule has 2 aromatic carbocycles. The van der Waals surface area contributed by atoms with Crippen LogP contribution in [0.1, 0.15) is 12.0 Å². The van der Waals surface area contributed by atoms with Gasteiger partial charge in [0.1, 0.15) is 5.75 Å². The highest BCUT2D eigenvalue weighted by Gasteiger charge is 2.08. The molecule has 0 aliphatic rings. The van der Waals surface area contributed by atoms with Crippen molar-refractivity contribution in [2.24, 2.45) is 0 Å². The molecule has 152 valence electrons. The molecular formula is C20H24F2N2O3S. The Balaban J connectivity index is 1.81. The summed E-state index contributed by atoms with van der Waals surface area (Å²) in [4.78, 5) is 1.93. The minimum absolute atomic E-state index is 0.106. The number of hydrogen-bond acceptors (Lipinski definition) is 4. The van der Waals surface area contributed by atoms with Crippen molar-refractivity contribution in [3.05, 3.63) is 48.0 Å². The first-order chi connectivity index (χ1) is 13.4. The summed E-state index contributed by atoms with van der Waals surface area (Å²) in [5.41, 5.74) is 1.86. The molecule has 0 saturated heterocycles. The number of methoxy groups -OCH3 is 2. The lowest BCUT2D eigenvalue weighted by molar-refractivity contribution is -0.0498. The molecular weight excluding hydrogens is 386 g/mol. The van der Waals surface area contributed by atoms with Crippen LogP contribution in [0.5, 0.6) is 17.2 Å². The van der Waals surface area contributed by atoms with Gasteiger partial charge in [0, 0.05) is 19.3 Å². The molecule has 0 bridgehead atoms. The van der Waals surface area contributed by atoms with E-state index in [1.54, 1.807) is 26.4 Å². The highest BCUT2D eigenvalue weighted by atomic mass is 32.1. The van der Waals surface area contributed by atoms with Crippen molar-refractivity contribution in [1.29, 1.82) is 0 Å². The molecule has 0 aliphatic heterocycles. The number of thiocarbonyl (C=S) groups is 1. The quantitative estimate of drug-likeness (QED) is 0.611. The van der Waals surface area contributed by atoms with E-state index in [9.17, 15) is 8.78 Å². The second kappa shape index (κ2) is 10.7. The standard InChI is InChI=1S/C20H24F2N2O3S/c1-24(12-4-5-14-6-11-17(25-2)18(13-14)26-3)20(28)23-15-7-9-16(10-8-15)27-19(21)22/h6-11,13,19H,4-5,12H2,1-3H3,(H,23,28). The van der Waals surface area contributed by atoms with E-state index in [1.807, 2.05) is 30.1 Å². The van der Waals surface area contributed by atoms with Crippen molar-refractivity contribution in [2.75, 3.05) is 33.1 Å². The lowest BCUT2D eigenvalue weighted by Gasteiger charge is -2.21. The van der Waals surface area contributed by atoms with Crippen molar-refractivity contribution in [3.8, 4) is 17.2 Å². The van der Waals surface area contributed by atoms with Gasteiger partial charge in [-0.3, -0.25) is 0 Å². The maximum atomic E-state index is 12.2. The van der Waals surface area contributed by atoms with E-state index in [2.05, 4.69) is 10.1 Å². The summed E-state index contributed by atoms with van der Waals surface area (Å²) in [6.45, 7) is -2.08. The predicted molar refractivity (Wildman–Crippen MR) is 110 cm³/mol. The monoisotopic (exact) mass is 410 g/mol. The van der Waals surface area contributed by atoms with Crippen molar-refractivity contribution < 1.29 is 23.0 Å². The number of rotatable bonds is 9. The Hall–Kier alpha value is -2.61. The molecule has 28 heavy (non-hydrogen) atoms. The first kappa shape index (κ1) is 21.7. The Morgan fingerprint density at radius 3 is 2.36 bits per heavy atom. The van der Waals surface area contributed by atoms with Crippen LogP contribution >= 0.6 is 12.2 Å². The zero-order valence-corrected chi connectivity index (χ0v) is 16.9. The third kappa shape index (κ3) is 6.53. The highest BCUT2D eigenvalue weighted by Crippen LogP contribution is 2.28. The summed E-state index contributed by atoms with van der Waals surface area (Å²) in [6.07, 6.45) is 1.77. The Bertz CT molecular complexity index is 773. The van der Waals surface area contributed by atoms with E-state index in [0.717, 1.165) is 24.9 Å². The lowest BCUT2D eigenvalue weighted by atomic mass is 10.1. The number of ether oxygens (including phenoxy) is 3. The second-order valence-corrected chi connectivity index (χ2v) is 6.43. The van der Waals surface area contributed by atoms with Gasteiger partial charge in [-0.15, -0.1) is 0 Å². The second-order valence-electron chi connectivity index (χ2n) is 6.05. The molecule has 8 heteroatoms. The van der Waals surface area contributed by atoms with Gasteiger partial charge in [0.05, 0.1) is 14.2 Å². The Morgan fingerprint density at radius 1 is 1.07 bits per heavy atom. The maximum absolute atomic E-state index is 12.2. The van der Waals surface area contributed by atoms with E-state index in [4.69, 9.17) is 21.7 Å². The Labute approximate surface area is 169 Å². The number of alkyl halides is 2. The molecule has 0 aliphatic carbocycles. The molecule has 0 heterocycles. The van der Waals surface area contributed by atoms with Crippen molar-refractivity contribution >= 4 is 23.0 Å². The van der Waals surface area contributed by atoms with E-state index in [1.165, 1.54) is 12.1 Å². The van der Waals surface area contributed by atoms with Crippen molar-refractivity contribution in [1.82, 2.24) is 4.90 Å². The number of nitrogens with zero attached hydrogens (tertiary/aromatic N) is 1. The summed E-state index contributed by atoms with van der Waals surface area (Å²) in [7, 11) is 5.13. The zero-order chi connectivity index (χ0) is 20.5. The summed E-state index contributed by atoms with van der Waals surface area (Å²) < 4.78 is 39.3. The SMILES string of the molecule is COc1ccc(CCCN(C)C(=S)Nc2ccc(OC(F)F)cc2)cc1OC. The molecule has 0 saturated carbocycles. The number of hydrogen-bond donors (Lipinski definition) is 1. The van der Waals surface area contributed by atoms with Gasteiger partial charge in [0.2, 0.25) is 0 Å². The molecule has 2 rings (SSSR count). The van der Waals surface area contributed by atoms with Crippen LogP contribution in [0.3, 0.4) is 0 Å². The molecule has 0 spiro atoms. The van der Waals surface area contributed by atoms with Crippen LogP contribution in [0.4, 0.5) is 14.5 Å². The number of anilines is 1. The minimum Gasteiger partial charge on any atom is -0.493 e. The van der Waals surface area contributed by atoms with Crippen LogP contribution in [0.25, 0.3) is 0 Å². The van der Waals surface area contributed by atoms with Gasteiger partial charge in [-0.05, 0) is 67.0 Å². The molecule has 0 radical (unpaired) electrons. The molecule has 0 atom stereocenters. The summed E-state index contributed by atoms with van der Waals surface area (Å²) >= 11 is 5.39. The van der Waals surface area contributed by atoms with E-state index in [0.29, 0.717) is 22.3 Å². The molecule has 5 nitrogen and oxygen atoms in total. The number of nitrogens with one attached hydrogen (secondary N) is 1. The number of halogens is 2. The molecule has 0 amide bonds. The van der Waals surface area contributed by atoms with Crippen LogP contribution in [0, 0.1) is 0 Å². The first-order valence-electron chi connectivity index (χ1n) is 8.71. The molecule has 0 aromatic heterocycles. The van der Waals surface area contributed by atoms with Gasteiger partial charge >= 0.3 is 6.61 Å². The topological polar surface area (TPSA) is 43.0 Å².